The van der Waals surface area contributed by atoms with Crippen molar-refractivity contribution < 1.29 is 40.2 Å². The van der Waals surface area contributed by atoms with Gasteiger partial charge in [0.1, 0.15) is 0 Å². The molecule has 0 aromatic rings. The van der Waals surface area contributed by atoms with Gasteiger partial charge in [-0.1, -0.05) is 20.8 Å². The van der Waals surface area contributed by atoms with Gasteiger partial charge in [-0.3, -0.25) is 0 Å². The Bertz CT molecular complexity index is 135. The second kappa shape index (κ2) is 20.0. The van der Waals surface area contributed by atoms with Crippen LogP contribution in [0.5, 0.6) is 0 Å². The Morgan fingerprint density at radius 2 is 1.00 bits per heavy atom. The van der Waals surface area contributed by atoms with Crippen LogP contribution in [0.1, 0.15) is 34.6 Å². The molecule has 0 fully saturated rings. The van der Waals surface area contributed by atoms with E-state index in [4.69, 9.17) is 19.8 Å². The fourth-order valence-electron chi connectivity index (χ4n) is 0.671. The van der Waals surface area contributed by atoms with Gasteiger partial charge in [-0.05, 0) is 33.5 Å². The van der Waals surface area contributed by atoms with Gasteiger partial charge < -0.3 is 24.7 Å². The fraction of sp³-hybridized carbons (Fsp3) is 0.800. The SMILES string of the molecule is CC(=O)[O-].CC(=O)[O-].CCN(CC)CC.[Pd+2]. The van der Waals surface area contributed by atoms with E-state index >= 15 is 0 Å². The van der Waals surface area contributed by atoms with Gasteiger partial charge in [0.15, 0.2) is 0 Å². The van der Waals surface area contributed by atoms with Gasteiger partial charge in [-0.2, -0.15) is 0 Å². The quantitative estimate of drug-likeness (QED) is 0.612. The normalized spacial score (nSPS) is 7.62. The molecule has 0 unspecified atom stereocenters. The first-order valence-electron chi connectivity index (χ1n) is 4.89. The van der Waals surface area contributed by atoms with Crippen molar-refractivity contribution in [2.45, 2.75) is 34.6 Å². The Hall–Kier alpha value is -0.438. The first-order chi connectivity index (χ1) is 6.81. The summed E-state index contributed by atoms with van der Waals surface area (Å²) in [7, 11) is 0. The summed E-state index contributed by atoms with van der Waals surface area (Å²) in [5, 5.41) is 17.8. The van der Waals surface area contributed by atoms with Crippen molar-refractivity contribution in [3.05, 3.63) is 0 Å². The van der Waals surface area contributed by atoms with Crippen molar-refractivity contribution >= 4 is 11.9 Å². The number of nitrogens with zero attached hydrogens (tertiary/aromatic N) is 1. The third-order valence-corrected chi connectivity index (χ3v) is 1.34. The van der Waals surface area contributed by atoms with E-state index in [9.17, 15) is 0 Å². The monoisotopic (exact) mass is 325 g/mol. The Morgan fingerprint density at radius 3 is 1.00 bits per heavy atom. The summed E-state index contributed by atoms with van der Waals surface area (Å²) in [5.41, 5.74) is 0. The zero-order valence-corrected chi connectivity index (χ0v) is 12.1. The molecular formula is C10H21NO4Pd. The molecule has 5 nitrogen and oxygen atoms in total. The molecule has 0 N–H and O–H groups in total. The van der Waals surface area contributed by atoms with E-state index in [1.165, 1.54) is 19.6 Å². The van der Waals surface area contributed by atoms with Crippen molar-refractivity contribution in [1.29, 1.82) is 0 Å². The number of hydrogen-bond acceptors (Lipinski definition) is 5. The van der Waals surface area contributed by atoms with Crippen LogP contribution in [0.2, 0.25) is 0 Å². The second-order valence-corrected chi connectivity index (χ2v) is 2.60. The van der Waals surface area contributed by atoms with E-state index in [1.54, 1.807) is 0 Å². The molecule has 16 heavy (non-hydrogen) atoms. The number of aliphatic carboxylic acids is 2. The summed E-state index contributed by atoms with van der Waals surface area (Å²) in [6, 6.07) is 0. The maximum atomic E-state index is 8.89. The zero-order chi connectivity index (χ0) is 12.9. The van der Waals surface area contributed by atoms with E-state index in [1.807, 2.05) is 0 Å². The smallest absolute Gasteiger partial charge is 0.550 e. The summed E-state index contributed by atoms with van der Waals surface area (Å²) < 4.78 is 0. The first-order valence-corrected chi connectivity index (χ1v) is 4.89. The van der Waals surface area contributed by atoms with Crippen molar-refractivity contribution in [3.8, 4) is 0 Å². The van der Waals surface area contributed by atoms with Crippen LogP contribution >= 0.6 is 0 Å². The van der Waals surface area contributed by atoms with Crippen LogP contribution in [0.3, 0.4) is 0 Å². The van der Waals surface area contributed by atoms with Gasteiger partial charge >= 0.3 is 20.4 Å². The Morgan fingerprint density at radius 1 is 0.875 bits per heavy atom. The number of hydrogen-bond donors (Lipinski definition) is 0. The van der Waals surface area contributed by atoms with Crippen LogP contribution in [0.15, 0.2) is 0 Å². The minimum absolute atomic E-state index is 0. The summed E-state index contributed by atoms with van der Waals surface area (Å²) in [4.78, 5) is 20.2. The van der Waals surface area contributed by atoms with Gasteiger partial charge in [-0.25, -0.2) is 0 Å². The molecular weight excluding hydrogens is 305 g/mol. The third-order valence-electron chi connectivity index (χ3n) is 1.34. The molecule has 0 saturated heterocycles. The van der Waals surface area contributed by atoms with Gasteiger partial charge in [0, 0.05) is 11.9 Å². The maximum Gasteiger partial charge on any atom is 2.00 e. The largest absolute Gasteiger partial charge is 2.00 e. The number of carboxylic acids is 2. The molecule has 0 rings (SSSR count). The average molecular weight is 326 g/mol. The molecule has 0 bridgehead atoms. The summed E-state index contributed by atoms with van der Waals surface area (Å²) >= 11 is 0. The van der Waals surface area contributed by atoms with E-state index in [0.717, 1.165) is 13.8 Å². The standard InChI is InChI=1S/C6H15N.2C2H4O2.Pd/c1-4-7(5-2)6-3;2*1-2(3)4;/h4-6H2,1-3H3;2*1H3,(H,3,4);/q;;;+2/p-2. The zero-order valence-electron chi connectivity index (χ0n) is 10.5. The summed E-state index contributed by atoms with van der Waals surface area (Å²) in [5.74, 6) is -2.17. The molecule has 0 aliphatic heterocycles. The van der Waals surface area contributed by atoms with Crippen LogP contribution in [-0.4, -0.2) is 36.5 Å². The van der Waals surface area contributed by atoms with Crippen LogP contribution in [0.25, 0.3) is 0 Å². The molecule has 0 spiro atoms. The minimum atomic E-state index is -1.08. The Balaban J connectivity index is -0.0000000700. The van der Waals surface area contributed by atoms with Gasteiger partial charge in [0.2, 0.25) is 0 Å². The van der Waals surface area contributed by atoms with E-state index < -0.39 is 11.9 Å². The Kier molecular flexibility index (Phi) is 30.9. The van der Waals surface area contributed by atoms with Gasteiger partial charge in [0.25, 0.3) is 0 Å². The average Bonchev–Trinajstić information content (AvgIpc) is 2.05. The molecule has 0 heterocycles. The minimum Gasteiger partial charge on any atom is -0.550 e. The fourth-order valence-corrected chi connectivity index (χ4v) is 0.671. The molecule has 6 heteroatoms. The van der Waals surface area contributed by atoms with E-state index in [-0.39, 0.29) is 20.4 Å². The van der Waals surface area contributed by atoms with E-state index in [0.29, 0.717) is 0 Å². The molecule has 0 amide bonds. The van der Waals surface area contributed by atoms with Crippen LogP contribution < -0.4 is 10.2 Å². The molecule has 0 atom stereocenters. The predicted octanol–water partition coefficient (Wildman–Crippen LogP) is -1.14. The molecule has 0 saturated carbocycles. The molecule has 0 aromatic heterocycles. The first kappa shape index (κ1) is 24.7. The summed E-state index contributed by atoms with van der Waals surface area (Å²) in [6.07, 6.45) is 0. The third kappa shape index (κ3) is 69.2. The van der Waals surface area contributed by atoms with Crippen molar-refractivity contribution in [2.24, 2.45) is 0 Å². The number of carbonyl (C=O) groups excluding carboxylic acids is 2. The topological polar surface area (TPSA) is 83.5 Å². The van der Waals surface area contributed by atoms with Crippen LogP contribution in [0.4, 0.5) is 0 Å². The maximum absolute atomic E-state index is 8.89. The molecule has 100 valence electrons. The van der Waals surface area contributed by atoms with Gasteiger partial charge in [-0.15, -0.1) is 0 Å². The summed E-state index contributed by atoms with van der Waals surface area (Å²) in [6.45, 7) is 12.1. The molecule has 0 aromatic carbocycles. The van der Waals surface area contributed by atoms with Crippen molar-refractivity contribution in [1.82, 2.24) is 4.90 Å². The van der Waals surface area contributed by atoms with Crippen molar-refractivity contribution in [2.75, 3.05) is 19.6 Å². The van der Waals surface area contributed by atoms with Crippen LogP contribution in [0, 0.1) is 0 Å². The Labute approximate surface area is 111 Å². The van der Waals surface area contributed by atoms with E-state index in [2.05, 4.69) is 25.7 Å². The second-order valence-electron chi connectivity index (χ2n) is 2.60. The molecule has 0 aliphatic rings. The predicted molar refractivity (Wildman–Crippen MR) is 54.8 cm³/mol. The molecule has 0 aliphatic carbocycles. The number of carbonyl (C=O) groups is 2. The van der Waals surface area contributed by atoms with Gasteiger partial charge in [0.05, 0.1) is 0 Å². The van der Waals surface area contributed by atoms with Crippen molar-refractivity contribution in [3.63, 3.8) is 0 Å². The molecule has 0 radical (unpaired) electrons. The van der Waals surface area contributed by atoms with Crippen LogP contribution in [-0.2, 0) is 30.0 Å². The number of rotatable bonds is 3. The number of carboxylic acid groups (broad SMARTS) is 2.